The standard InChI is InChI=1S/C25H24N2O3S2/c28-25(26-15-7-17-31-24-14-4-3-13-23(24)26)20-9-5-11-21(18-20)32(29,30)27-16-6-10-19-8-1-2-12-22(19)27/h1-5,8-9,11-14,18H,6-7,10,15-17H2. The molecular weight excluding hydrogens is 440 g/mol. The predicted octanol–water partition coefficient (Wildman–Crippen LogP) is 4.97. The third-order valence-electron chi connectivity index (χ3n) is 5.92. The molecule has 5 nitrogen and oxygen atoms in total. The van der Waals surface area contributed by atoms with Gasteiger partial charge in [-0.05, 0) is 67.0 Å². The van der Waals surface area contributed by atoms with Crippen molar-refractivity contribution in [1.29, 1.82) is 0 Å². The van der Waals surface area contributed by atoms with Crippen LogP contribution in [-0.2, 0) is 16.4 Å². The molecule has 0 N–H and O–H groups in total. The van der Waals surface area contributed by atoms with Crippen molar-refractivity contribution < 1.29 is 13.2 Å². The molecule has 2 aliphatic rings. The summed E-state index contributed by atoms with van der Waals surface area (Å²) < 4.78 is 28.6. The Labute approximate surface area is 193 Å². The van der Waals surface area contributed by atoms with Crippen molar-refractivity contribution in [1.82, 2.24) is 0 Å². The van der Waals surface area contributed by atoms with Gasteiger partial charge in [-0.2, -0.15) is 0 Å². The molecule has 164 valence electrons. The zero-order valence-corrected chi connectivity index (χ0v) is 19.2. The molecule has 7 heteroatoms. The van der Waals surface area contributed by atoms with E-state index in [0.717, 1.165) is 46.8 Å². The van der Waals surface area contributed by atoms with Crippen molar-refractivity contribution in [3.05, 3.63) is 83.9 Å². The molecule has 0 bridgehead atoms. The predicted molar refractivity (Wildman–Crippen MR) is 129 cm³/mol. The van der Waals surface area contributed by atoms with E-state index in [1.165, 1.54) is 10.4 Å². The maximum Gasteiger partial charge on any atom is 0.264 e. The highest BCUT2D eigenvalue weighted by molar-refractivity contribution is 7.99. The first-order chi connectivity index (χ1) is 15.6. The van der Waals surface area contributed by atoms with Crippen molar-refractivity contribution in [2.45, 2.75) is 29.1 Å². The highest BCUT2D eigenvalue weighted by Crippen LogP contribution is 2.35. The summed E-state index contributed by atoms with van der Waals surface area (Å²) >= 11 is 1.75. The first-order valence-electron chi connectivity index (χ1n) is 10.8. The molecule has 1 amide bonds. The normalized spacial score (nSPS) is 16.1. The van der Waals surface area contributed by atoms with E-state index in [-0.39, 0.29) is 10.8 Å². The van der Waals surface area contributed by atoms with Crippen LogP contribution >= 0.6 is 11.8 Å². The number of sulfonamides is 1. The molecule has 0 saturated carbocycles. The summed E-state index contributed by atoms with van der Waals surface area (Å²) in [5, 5.41) is 0. The number of carbonyl (C=O) groups is 1. The summed E-state index contributed by atoms with van der Waals surface area (Å²) in [6.45, 7) is 1.05. The molecule has 0 aliphatic carbocycles. The van der Waals surface area contributed by atoms with Gasteiger partial charge < -0.3 is 4.90 Å². The summed E-state index contributed by atoms with van der Waals surface area (Å²) in [6, 6.07) is 22.0. The van der Waals surface area contributed by atoms with Crippen LogP contribution in [0.15, 0.2) is 82.6 Å². The van der Waals surface area contributed by atoms with E-state index in [9.17, 15) is 13.2 Å². The first-order valence-corrected chi connectivity index (χ1v) is 13.2. The highest BCUT2D eigenvalue weighted by atomic mass is 32.2. The van der Waals surface area contributed by atoms with Gasteiger partial charge in [-0.1, -0.05) is 36.4 Å². The Kier molecular flexibility index (Phi) is 5.69. The van der Waals surface area contributed by atoms with Gasteiger partial charge in [0, 0.05) is 23.5 Å². The second-order valence-electron chi connectivity index (χ2n) is 7.96. The number of amides is 1. The molecule has 2 aliphatic heterocycles. The van der Waals surface area contributed by atoms with Gasteiger partial charge in [0.25, 0.3) is 15.9 Å². The van der Waals surface area contributed by atoms with Crippen LogP contribution in [0.1, 0.15) is 28.8 Å². The lowest BCUT2D eigenvalue weighted by Crippen LogP contribution is -2.36. The van der Waals surface area contributed by atoms with Crippen LogP contribution in [0.2, 0.25) is 0 Å². The Hall–Kier alpha value is -2.77. The molecule has 2 heterocycles. The Morgan fingerprint density at radius 2 is 1.62 bits per heavy atom. The lowest BCUT2D eigenvalue weighted by molar-refractivity contribution is 0.0986. The van der Waals surface area contributed by atoms with Gasteiger partial charge in [0.05, 0.1) is 16.3 Å². The zero-order valence-electron chi connectivity index (χ0n) is 17.6. The van der Waals surface area contributed by atoms with E-state index >= 15 is 0 Å². The summed E-state index contributed by atoms with van der Waals surface area (Å²) in [5.41, 5.74) is 3.04. The molecule has 0 atom stereocenters. The number of thioether (sulfide) groups is 1. The minimum Gasteiger partial charge on any atom is -0.307 e. The molecule has 5 rings (SSSR count). The maximum atomic E-state index is 13.6. The van der Waals surface area contributed by atoms with E-state index in [4.69, 9.17) is 0 Å². The van der Waals surface area contributed by atoms with Gasteiger partial charge in [-0.25, -0.2) is 8.42 Å². The van der Waals surface area contributed by atoms with Crippen LogP contribution in [-0.4, -0.2) is 33.2 Å². The van der Waals surface area contributed by atoms with Gasteiger partial charge in [0.2, 0.25) is 0 Å². The van der Waals surface area contributed by atoms with Gasteiger partial charge in [0.15, 0.2) is 0 Å². The number of para-hydroxylation sites is 2. The van der Waals surface area contributed by atoms with Crippen molar-refractivity contribution >= 4 is 39.1 Å². The number of fused-ring (bicyclic) bond motifs is 2. The van der Waals surface area contributed by atoms with Gasteiger partial charge in [0.1, 0.15) is 0 Å². The van der Waals surface area contributed by atoms with E-state index in [2.05, 4.69) is 0 Å². The van der Waals surface area contributed by atoms with Crippen LogP contribution in [0.3, 0.4) is 0 Å². The van der Waals surface area contributed by atoms with E-state index in [0.29, 0.717) is 18.7 Å². The second-order valence-corrected chi connectivity index (χ2v) is 11.0. The minimum absolute atomic E-state index is 0.150. The molecule has 3 aromatic rings. The molecule has 3 aromatic carbocycles. The van der Waals surface area contributed by atoms with Crippen LogP contribution in [0.5, 0.6) is 0 Å². The lowest BCUT2D eigenvalue weighted by atomic mass is 10.0. The van der Waals surface area contributed by atoms with Gasteiger partial charge in [-0.3, -0.25) is 9.10 Å². The van der Waals surface area contributed by atoms with Crippen molar-refractivity contribution in [2.24, 2.45) is 0 Å². The molecule has 0 fully saturated rings. The van der Waals surface area contributed by atoms with Crippen molar-refractivity contribution in [3.63, 3.8) is 0 Å². The smallest absolute Gasteiger partial charge is 0.264 e. The summed E-state index contributed by atoms with van der Waals surface area (Å²) in [5.74, 6) is 0.778. The Balaban J connectivity index is 1.50. The van der Waals surface area contributed by atoms with Crippen molar-refractivity contribution in [2.75, 3.05) is 28.0 Å². The van der Waals surface area contributed by atoms with Crippen LogP contribution in [0.25, 0.3) is 0 Å². The lowest BCUT2D eigenvalue weighted by Gasteiger charge is -2.30. The molecule has 32 heavy (non-hydrogen) atoms. The van der Waals surface area contributed by atoms with E-state index in [1.807, 2.05) is 48.5 Å². The fourth-order valence-corrected chi connectivity index (χ4v) is 6.94. The summed E-state index contributed by atoms with van der Waals surface area (Å²) in [7, 11) is -3.77. The average molecular weight is 465 g/mol. The van der Waals surface area contributed by atoms with Crippen LogP contribution in [0.4, 0.5) is 11.4 Å². The SMILES string of the molecule is O=C(c1cccc(S(=O)(=O)N2CCCc3ccccc32)c1)N1CCCSc2ccccc21. The molecule has 0 unspecified atom stereocenters. The second kappa shape index (κ2) is 8.64. The third-order valence-corrected chi connectivity index (χ3v) is 8.88. The number of rotatable bonds is 3. The average Bonchev–Trinajstić information content (AvgIpc) is 3.06. The number of hydrogen-bond donors (Lipinski definition) is 0. The topological polar surface area (TPSA) is 57.7 Å². The first kappa shape index (κ1) is 21.1. The van der Waals surface area contributed by atoms with Crippen molar-refractivity contribution in [3.8, 4) is 0 Å². The monoisotopic (exact) mass is 464 g/mol. The molecule has 0 saturated heterocycles. The quantitative estimate of drug-likeness (QED) is 0.549. The number of anilines is 2. The van der Waals surface area contributed by atoms with Crippen LogP contribution in [0, 0.1) is 0 Å². The van der Waals surface area contributed by atoms with Gasteiger partial charge >= 0.3 is 0 Å². The highest BCUT2D eigenvalue weighted by Gasteiger charge is 2.30. The van der Waals surface area contributed by atoms with Gasteiger partial charge in [-0.15, -0.1) is 11.8 Å². The zero-order chi connectivity index (χ0) is 22.1. The third kappa shape index (κ3) is 3.80. The number of nitrogens with zero attached hydrogens (tertiary/aromatic N) is 2. The molecular formula is C25H24N2O3S2. The Bertz CT molecular complexity index is 1270. The fourth-order valence-electron chi connectivity index (χ4n) is 4.36. The summed E-state index contributed by atoms with van der Waals surface area (Å²) in [6.07, 6.45) is 2.53. The van der Waals surface area contributed by atoms with E-state index < -0.39 is 10.0 Å². The number of benzene rings is 3. The number of hydrogen-bond acceptors (Lipinski definition) is 4. The maximum absolute atomic E-state index is 13.6. The largest absolute Gasteiger partial charge is 0.307 e. The Morgan fingerprint density at radius 1 is 0.844 bits per heavy atom. The summed E-state index contributed by atoms with van der Waals surface area (Å²) in [4.78, 5) is 16.5. The molecule has 0 radical (unpaired) electrons. The fraction of sp³-hybridized carbons (Fsp3) is 0.240. The number of aryl methyl sites for hydroxylation is 1. The number of carbonyl (C=O) groups excluding carboxylic acids is 1. The van der Waals surface area contributed by atoms with E-state index in [1.54, 1.807) is 34.9 Å². The molecule has 0 aromatic heterocycles. The van der Waals surface area contributed by atoms with Crippen LogP contribution < -0.4 is 9.21 Å². The molecule has 0 spiro atoms. The Morgan fingerprint density at radius 3 is 2.50 bits per heavy atom. The minimum atomic E-state index is -3.77.